The van der Waals surface area contributed by atoms with Crippen LogP contribution in [0, 0.1) is 0 Å². The second-order valence-corrected chi connectivity index (χ2v) is 8.31. The van der Waals surface area contributed by atoms with Crippen LogP contribution >= 0.6 is 34.3 Å². The summed E-state index contributed by atoms with van der Waals surface area (Å²) >= 11 is 9.34. The number of hydrogen-bond acceptors (Lipinski definition) is 5. The summed E-state index contributed by atoms with van der Waals surface area (Å²) in [7, 11) is 1.76. The van der Waals surface area contributed by atoms with Crippen molar-refractivity contribution in [2.45, 2.75) is 32.9 Å². The van der Waals surface area contributed by atoms with Crippen molar-refractivity contribution < 1.29 is 0 Å². The Morgan fingerprint density at radius 2 is 1.96 bits per heavy atom. The lowest BCUT2D eigenvalue weighted by Gasteiger charge is -2.09. The molecule has 0 aliphatic carbocycles. The lowest BCUT2D eigenvalue weighted by Crippen LogP contribution is -2.36. The third-order valence-electron chi connectivity index (χ3n) is 3.59. The zero-order valence-electron chi connectivity index (χ0n) is 14.3. The first-order valence-corrected chi connectivity index (χ1v) is 10.1. The van der Waals surface area contributed by atoms with Gasteiger partial charge in [-0.15, -0.1) is 22.7 Å². The topological polar surface area (TPSA) is 62.2 Å². The molecular formula is C17H20ClN5S2. The van der Waals surface area contributed by atoms with Gasteiger partial charge >= 0.3 is 0 Å². The molecule has 25 heavy (non-hydrogen) atoms. The minimum Gasteiger partial charge on any atom is -0.350 e. The number of guanidine groups is 1. The quantitative estimate of drug-likeness (QED) is 0.498. The van der Waals surface area contributed by atoms with E-state index >= 15 is 0 Å². The van der Waals surface area contributed by atoms with E-state index in [9.17, 15) is 0 Å². The molecule has 0 amide bonds. The molecule has 0 saturated heterocycles. The summed E-state index contributed by atoms with van der Waals surface area (Å²) in [5.41, 5.74) is 2.07. The Hall–Kier alpha value is -1.70. The number of rotatable bonds is 5. The van der Waals surface area contributed by atoms with E-state index in [4.69, 9.17) is 11.6 Å². The Morgan fingerprint density at radius 1 is 1.20 bits per heavy atom. The summed E-state index contributed by atoms with van der Waals surface area (Å²) in [4.78, 5) is 13.5. The summed E-state index contributed by atoms with van der Waals surface area (Å²) in [6.45, 7) is 5.58. The van der Waals surface area contributed by atoms with Gasteiger partial charge in [-0.1, -0.05) is 25.4 Å². The average Bonchev–Trinajstić information content (AvgIpc) is 3.21. The first-order chi connectivity index (χ1) is 12.0. The summed E-state index contributed by atoms with van der Waals surface area (Å²) < 4.78 is 1.13. The highest BCUT2D eigenvalue weighted by Gasteiger charge is 2.08. The normalized spacial score (nSPS) is 12.1. The molecule has 3 aromatic rings. The minimum absolute atomic E-state index is 0.454. The first-order valence-electron chi connectivity index (χ1n) is 7.99. The third-order valence-corrected chi connectivity index (χ3v) is 5.73. The maximum absolute atomic E-state index is 6.01. The molecule has 0 bridgehead atoms. The Balaban J connectivity index is 1.56. The van der Waals surface area contributed by atoms with Crippen molar-refractivity contribution in [2.24, 2.45) is 4.99 Å². The fraction of sp³-hybridized carbons (Fsp3) is 0.353. The molecule has 0 atom stereocenters. The smallest absolute Gasteiger partial charge is 0.191 e. The Bertz CT molecular complexity index is 884. The fourth-order valence-electron chi connectivity index (χ4n) is 2.23. The molecule has 0 saturated carbocycles. The molecule has 0 radical (unpaired) electrons. The largest absolute Gasteiger partial charge is 0.350 e. The Kier molecular flexibility index (Phi) is 5.88. The van der Waals surface area contributed by atoms with Gasteiger partial charge in [-0.2, -0.15) is 0 Å². The van der Waals surface area contributed by atoms with Gasteiger partial charge in [0, 0.05) is 17.5 Å². The van der Waals surface area contributed by atoms with E-state index in [1.54, 1.807) is 29.7 Å². The maximum Gasteiger partial charge on any atom is 0.191 e. The molecule has 8 heteroatoms. The van der Waals surface area contributed by atoms with Crippen molar-refractivity contribution >= 4 is 50.5 Å². The second kappa shape index (κ2) is 8.12. The molecule has 0 spiro atoms. The van der Waals surface area contributed by atoms with Crippen LogP contribution in [0.1, 0.15) is 35.5 Å². The highest BCUT2D eigenvalue weighted by Crippen LogP contribution is 2.24. The molecule has 2 heterocycles. The summed E-state index contributed by atoms with van der Waals surface area (Å²) in [6, 6.07) is 5.78. The second-order valence-electron chi connectivity index (χ2n) is 5.82. The molecule has 2 aromatic heterocycles. The van der Waals surface area contributed by atoms with Crippen LogP contribution in [-0.2, 0) is 13.1 Å². The fourth-order valence-corrected chi connectivity index (χ4v) is 4.18. The van der Waals surface area contributed by atoms with Gasteiger partial charge in [0.25, 0.3) is 0 Å². The highest BCUT2D eigenvalue weighted by molar-refractivity contribution is 7.18. The lowest BCUT2D eigenvalue weighted by atomic mass is 10.2. The van der Waals surface area contributed by atoms with E-state index < -0.39 is 0 Å². The Morgan fingerprint density at radius 3 is 2.64 bits per heavy atom. The van der Waals surface area contributed by atoms with Crippen molar-refractivity contribution in [1.82, 2.24) is 20.6 Å². The van der Waals surface area contributed by atoms with Gasteiger partial charge in [0.1, 0.15) is 10.0 Å². The van der Waals surface area contributed by atoms with Crippen LogP contribution < -0.4 is 10.6 Å². The molecule has 3 rings (SSSR count). The molecule has 1 aromatic carbocycles. The van der Waals surface area contributed by atoms with Gasteiger partial charge < -0.3 is 10.6 Å². The van der Waals surface area contributed by atoms with Crippen LogP contribution in [0.2, 0.25) is 5.02 Å². The standard InChI is InChI=1S/C17H20ClN5S2/c1-10(2)13-9-24-15(23-13)7-20-17(19-3)21-8-16-22-12-6-11(18)4-5-14(12)25-16/h4-6,9-10H,7-8H2,1-3H3,(H2,19,20,21). The van der Waals surface area contributed by atoms with E-state index in [0.717, 1.165) is 31.9 Å². The van der Waals surface area contributed by atoms with Crippen molar-refractivity contribution in [3.63, 3.8) is 0 Å². The summed E-state index contributed by atoms with van der Waals surface area (Å²) in [6.07, 6.45) is 0. The molecule has 0 unspecified atom stereocenters. The van der Waals surface area contributed by atoms with Gasteiger partial charge in [0.05, 0.1) is 29.0 Å². The number of thiazole rings is 2. The predicted octanol–water partition coefficient (Wildman–Crippen LogP) is 4.39. The van der Waals surface area contributed by atoms with Crippen LogP contribution in [-0.4, -0.2) is 23.0 Å². The van der Waals surface area contributed by atoms with Crippen molar-refractivity contribution in [1.29, 1.82) is 0 Å². The molecule has 2 N–H and O–H groups in total. The van der Waals surface area contributed by atoms with E-state index in [0.29, 0.717) is 24.0 Å². The van der Waals surface area contributed by atoms with Gasteiger partial charge in [0.15, 0.2) is 5.96 Å². The molecular weight excluding hydrogens is 374 g/mol. The molecule has 132 valence electrons. The molecule has 0 aliphatic rings. The maximum atomic E-state index is 6.01. The van der Waals surface area contributed by atoms with E-state index in [1.165, 1.54) is 0 Å². The van der Waals surface area contributed by atoms with Gasteiger partial charge in [-0.3, -0.25) is 4.99 Å². The molecule has 0 aliphatic heterocycles. The van der Waals surface area contributed by atoms with E-state index in [1.807, 2.05) is 18.2 Å². The van der Waals surface area contributed by atoms with Gasteiger partial charge in [-0.05, 0) is 24.1 Å². The number of hydrogen-bond donors (Lipinski definition) is 2. The number of nitrogens with one attached hydrogen (secondary N) is 2. The zero-order chi connectivity index (χ0) is 17.8. The lowest BCUT2D eigenvalue weighted by molar-refractivity contribution is 0.784. The van der Waals surface area contributed by atoms with Crippen LogP contribution in [0.5, 0.6) is 0 Å². The third kappa shape index (κ3) is 4.68. The highest BCUT2D eigenvalue weighted by atomic mass is 35.5. The Labute approximate surface area is 160 Å². The van der Waals surface area contributed by atoms with E-state index in [2.05, 4.69) is 44.8 Å². The van der Waals surface area contributed by atoms with Crippen LogP contribution in [0.25, 0.3) is 10.2 Å². The zero-order valence-corrected chi connectivity index (χ0v) is 16.7. The SMILES string of the molecule is CN=C(NCc1nc(C(C)C)cs1)NCc1nc2cc(Cl)ccc2s1. The van der Waals surface area contributed by atoms with Crippen molar-refractivity contribution in [3.05, 3.63) is 44.3 Å². The number of aliphatic imine (C=N–C) groups is 1. The van der Waals surface area contributed by atoms with Crippen molar-refractivity contribution in [3.8, 4) is 0 Å². The number of aromatic nitrogens is 2. The monoisotopic (exact) mass is 393 g/mol. The number of fused-ring (bicyclic) bond motifs is 1. The van der Waals surface area contributed by atoms with Gasteiger partial charge in [-0.25, -0.2) is 9.97 Å². The van der Waals surface area contributed by atoms with Crippen LogP contribution in [0.15, 0.2) is 28.6 Å². The van der Waals surface area contributed by atoms with Crippen LogP contribution in [0.4, 0.5) is 0 Å². The van der Waals surface area contributed by atoms with Crippen molar-refractivity contribution in [2.75, 3.05) is 7.05 Å². The number of nitrogens with zero attached hydrogens (tertiary/aromatic N) is 3. The first kappa shape index (κ1) is 18.1. The summed E-state index contributed by atoms with van der Waals surface area (Å²) in [5, 5.41) is 11.5. The van der Waals surface area contributed by atoms with Crippen LogP contribution in [0.3, 0.4) is 0 Å². The summed E-state index contributed by atoms with van der Waals surface area (Å²) in [5.74, 6) is 1.19. The average molecular weight is 394 g/mol. The number of benzene rings is 1. The minimum atomic E-state index is 0.454. The molecule has 5 nitrogen and oxygen atoms in total. The van der Waals surface area contributed by atoms with Gasteiger partial charge in [0.2, 0.25) is 0 Å². The number of halogens is 1. The predicted molar refractivity (Wildman–Crippen MR) is 108 cm³/mol. The van der Waals surface area contributed by atoms with E-state index in [-0.39, 0.29) is 0 Å². The molecule has 0 fully saturated rings.